The maximum absolute atomic E-state index is 11.9. The van der Waals surface area contributed by atoms with Crippen molar-refractivity contribution in [3.8, 4) is 5.75 Å². The standard InChI is InChI=1S/C22H26N2O3S/c1-16-6-7-18-19(12-16)24-9-8-22(18)28-11-5-3-4-10-26-21-15-27-17(14-23-2)13-20(21)25/h6-9,12-13,15,23H,3-5,10-11,14H2,1-2H3. The van der Waals surface area contributed by atoms with E-state index in [2.05, 4.69) is 41.5 Å². The smallest absolute Gasteiger partial charge is 0.227 e. The molecule has 0 unspecified atom stereocenters. The summed E-state index contributed by atoms with van der Waals surface area (Å²) in [5.41, 5.74) is 2.15. The van der Waals surface area contributed by atoms with Gasteiger partial charge in [-0.15, -0.1) is 11.8 Å². The van der Waals surface area contributed by atoms with Gasteiger partial charge in [0.25, 0.3) is 0 Å². The Balaban J connectivity index is 1.38. The second-order valence-corrected chi connectivity index (χ2v) is 7.83. The van der Waals surface area contributed by atoms with Gasteiger partial charge >= 0.3 is 0 Å². The fraction of sp³-hybridized carbons (Fsp3) is 0.364. The third-order valence-electron chi connectivity index (χ3n) is 4.37. The van der Waals surface area contributed by atoms with Gasteiger partial charge in [-0.3, -0.25) is 9.78 Å². The summed E-state index contributed by atoms with van der Waals surface area (Å²) in [6.07, 6.45) is 6.35. The maximum Gasteiger partial charge on any atom is 0.227 e. The molecular formula is C22H26N2O3S. The van der Waals surface area contributed by atoms with Crippen LogP contribution in [-0.2, 0) is 6.54 Å². The van der Waals surface area contributed by atoms with Gasteiger partial charge in [0, 0.05) is 22.5 Å². The summed E-state index contributed by atoms with van der Waals surface area (Å²) in [6, 6.07) is 9.97. The lowest BCUT2D eigenvalue weighted by Gasteiger charge is -2.07. The zero-order valence-electron chi connectivity index (χ0n) is 16.4. The van der Waals surface area contributed by atoms with Gasteiger partial charge in [0.05, 0.1) is 18.7 Å². The first-order chi connectivity index (χ1) is 13.7. The van der Waals surface area contributed by atoms with Crippen molar-refractivity contribution in [3.05, 3.63) is 64.3 Å². The van der Waals surface area contributed by atoms with E-state index in [9.17, 15) is 4.79 Å². The van der Waals surface area contributed by atoms with Crippen LogP contribution in [0, 0.1) is 6.92 Å². The first kappa shape index (κ1) is 20.4. The van der Waals surface area contributed by atoms with Crippen molar-refractivity contribution in [2.75, 3.05) is 19.4 Å². The van der Waals surface area contributed by atoms with Gasteiger partial charge in [-0.2, -0.15) is 0 Å². The molecular weight excluding hydrogens is 372 g/mol. The molecule has 1 aromatic carbocycles. The Hall–Kier alpha value is -2.31. The molecule has 28 heavy (non-hydrogen) atoms. The van der Waals surface area contributed by atoms with Gasteiger partial charge in [0.1, 0.15) is 12.0 Å². The van der Waals surface area contributed by atoms with E-state index in [0.29, 0.717) is 18.9 Å². The molecule has 6 heteroatoms. The van der Waals surface area contributed by atoms with E-state index in [1.54, 1.807) is 7.05 Å². The average molecular weight is 399 g/mol. The fourth-order valence-corrected chi connectivity index (χ4v) is 3.97. The fourth-order valence-electron chi connectivity index (χ4n) is 2.91. The van der Waals surface area contributed by atoms with E-state index in [4.69, 9.17) is 9.15 Å². The number of pyridine rings is 1. The van der Waals surface area contributed by atoms with Crippen LogP contribution < -0.4 is 15.5 Å². The molecule has 0 atom stereocenters. The quantitative estimate of drug-likeness (QED) is 0.399. The molecule has 0 saturated heterocycles. The Bertz CT molecular complexity index is 971. The summed E-state index contributed by atoms with van der Waals surface area (Å²) in [7, 11) is 1.81. The third-order valence-corrected chi connectivity index (χ3v) is 5.53. The minimum atomic E-state index is -0.133. The molecule has 0 amide bonds. The molecule has 0 aliphatic heterocycles. The van der Waals surface area contributed by atoms with Gasteiger partial charge in [0.2, 0.25) is 11.2 Å². The summed E-state index contributed by atoms with van der Waals surface area (Å²) in [5, 5.41) is 4.17. The van der Waals surface area contributed by atoms with Gasteiger partial charge in [0.15, 0.2) is 0 Å². The van der Waals surface area contributed by atoms with Crippen LogP contribution in [0.5, 0.6) is 5.75 Å². The first-order valence-electron chi connectivity index (χ1n) is 9.54. The highest BCUT2D eigenvalue weighted by Crippen LogP contribution is 2.28. The second-order valence-electron chi connectivity index (χ2n) is 6.69. The van der Waals surface area contributed by atoms with Crippen molar-refractivity contribution in [2.24, 2.45) is 0 Å². The zero-order chi connectivity index (χ0) is 19.8. The number of aromatic nitrogens is 1. The van der Waals surface area contributed by atoms with Crippen LogP contribution in [0.15, 0.2) is 56.9 Å². The zero-order valence-corrected chi connectivity index (χ0v) is 17.2. The number of hydrogen-bond donors (Lipinski definition) is 1. The van der Waals surface area contributed by atoms with Crippen molar-refractivity contribution in [1.29, 1.82) is 0 Å². The average Bonchev–Trinajstić information content (AvgIpc) is 2.68. The van der Waals surface area contributed by atoms with Gasteiger partial charge in [-0.25, -0.2) is 0 Å². The monoisotopic (exact) mass is 398 g/mol. The highest BCUT2D eigenvalue weighted by molar-refractivity contribution is 7.99. The minimum absolute atomic E-state index is 0.133. The number of thioether (sulfide) groups is 1. The lowest BCUT2D eigenvalue weighted by atomic mass is 10.1. The highest BCUT2D eigenvalue weighted by atomic mass is 32.2. The summed E-state index contributed by atoms with van der Waals surface area (Å²) in [4.78, 5) is 17.7. The van der Waals surface area contributed by atoms with Crippen LogP contribution in [0.25, 0.3) is 10.9 Å². The third kappa shape index (κ3) is 5.59. The van der Waals surface area contributed by atoms with Crippen LogP contribution in [0.2, 0.25) is 0 Å². The molecule has 2 aromatic heterocycles. The molecule has 3 rings (SSSR count). The Morgan fingerprint density at radius 1 is 1.18 bits per heavy atom. The van der Waals surface area contributed by atoms with E-state index in [-0.39, 0.29) is 11.2 Å². The highest BCUT2D eigenvalue weighted by Gasteiger charge is 2.05. The van der Waals surface area contributed by atoms with Crippen LogP contribution in [-0.4, -0.2) is 24.4 Å². The predicted molar refractivity (Wildman–Crippen MR) is 114 cm³/mol. The van der Waals surface area contributed by atoms with Crippen LogP contribution in [0.3, 0.4) is 0 Å². The van der Waals surface area contributed by atoms with Crippen molar-refractivity contribution in [2.45, 2.75) is 37.6 Å². The largest absolute Gasteiger partial charge is 0.487 e. The Labute approximate surface area is 169 Å². The van der Waals surface area contributed by atoms with E-state index < -0.39 is 0 Å². The van der Waals surface area contributed by atoms with Gasteiger partial charge < -0.3 is 14.5 Å². The molecule has 0 fully saturated rings. The van der Waals surface area contributed by atoms with E-state index in [1.165, 1.54) is 28.2 Å². The van der Waals surface area contributed by atoms with E-state index in [0.717, 1.165) is 30.5 Å². The Morgan fingerprint density at radius 3 is 2.89 bits per heavy atom. The number of nitrogens with one attached hydrogen (secondary N) is 1. The van der Waals surface area contributed by atoms with Crippen molar-refractivity contribution >= 4 is 22.7 Å². The number of nitrogens with zero attached hydrogens (tertiary/aromatic N) is 1. The first-order valence-corrected chi connectivity index (χ1v) is 10.5. The molecule has 1 N–H and O–H groups in total. The molecule has 3 aromatic rings. The van der Waals surface area contributed by atoms with Crippen LogP contribution in [0.4, 0.5) is 0 Å². The van der Waals surface area contributed by atoms with Crippen molar-refractivity contribution in [3.63, 3.8) is 0 Å². The number of fused-ring (bicyclic) bond motifs is 1. The summed E-state index contributed by atoms with van der Waals surface area (Å²) >= 11 is 1.87. The molecule has 0 spiro atoms. The Morgan fingerprint density at radius 2 is 2.07 bits per heavy atom. The van der Waals surface area contributed by atoms with E-state index in [1.807, 2.05) is 18.0 Å². The molecule has 2 heterocycles. The number of hydrogen-bond acceptors (Lipinski definition) is 6. The summed E-state index contributed by atoms with van der Waals surface area (Å²) in [5.74, 6) is 1.94. The molecule has 148 valence electrons. The van der Waals surface area contributed by atoms with Crippen molar-refractivity contribution < 1.29 is 9.15 Å². The second kappa shape index (κ2) is 10.3. The Kier molecular flexibility index (Phi) is 7.51. The molecule has 5 nitrogen and oxygen atoms in total. The summed E-state index contributed by atoms with van der Waals surface area (Å²) in [6.45, 7) is 3.14. The normalized spacial score (nSPS) is 11.1. The minimum Gasteiger partial charge on any atom is -0.487 e. The molecule has 0 saturated carbocycles. The molecule has 0 radical (unpaired) electrons. The maximum atomic E-state index is 11.9. The number of ether oxygens (including phenoxy) is 1. The number of rotatable bonds is 10. The lowest BCUT2D eigenvalue weighted by molar-refractivity contribution is 0.290. The molecule has 0 bridgehead atoms. The van der Waals surface area contributed by atoms with Crippen LogP contribution in [0.1, 0.15) is 30.6 Å². The number of aryl methyl sites for hydroxylation is 1. The van der Waals surface area contributed by atoms with Gasteiger partial charge in [-0.1, -0.05) is 12.1 Å². The topological polar surface area (TPSA) is 64.4 Å². The lowest BCUT2D eigenvalue weighted by Crippen LogP contribution is -2.12. The number of benzene rings is 1. The van der Waals surface area contributed by atoms with E-state index >= 15 is 0 Å². The van der Waals surface area contributed by atoms with Crippen molar-refractivity contribution in [1.82, 2.24) is 10.3 Å². The molecule has 0 aliphatic carbocycles. The predicted octanol–water partition coefficient (Wildman–Crippen LogP) is 4.56. The number of unbranched alkanes of at least 4 members (excludes halogenated alkanes) is 2. The van der Waals surface area contributed by atoms with Crippen LogP contribution >= 0.6 is 11.8 Å². The molecule has 0 aliphatic rings. The SMILES string of the molecule is CNCc1cc(=O)c(OCCCCCSc2ccnc3cc(C)ccc23)co1. The summed E-state index contributed by atoms with van der Waals surface area (Å²) < 4.78 is 10.9. The van der Waals surface area contributed by atoms with Gasteiger partial charge in [-0.05, 0) is 56.7 Å².